The lowest BCUT2D eigenvalue weighted by atomic mass is 9.74. The van der Waals surface area contributed by atoms with Gasteiger partial charge in [0.25, 0.3) is 0 Å². The third-order valence-corrected chi connectivity index (χ3v) is 4.92. The van der Waals surface area contributed by atoms with Gasteiger partial charge < -0.3 is 19.7 Å². The average Bonchev–Trinajstić information content (AvgIpc) is 2.54. The molecule has 1 N–H and O–H groups in total. The van der Waals surface area contributed by atoms with Gasteiger partial charge in [-0.25, -0.2) is 0 Å². The van der Waals surface area contributed by atoms with Crippen LogP contribution in [0.15, 0.2) is 24.3 Å². The van der Waals surface area contributed by atoms with Gasteiger partial charge in [-0.15, -0.1) is 0 Å². The van der Waals surface area contributed by atoms with Gasteiger partial charge in [0, 0.05) is 25.4 Å². The highest BCUT2D eigenvalue weighted by Crippen LogP contribution is 2.46. The van der Waals surface area contributed by atoms with Crippen LogP contribution in [0.4, 0.5) is 0 Å². The SMILES string of the molecule is C[C@@]12C[C@@H](c3ccccc3O1)[C@@H](C(=O)N1CCOCC1)C(=O)N2. The molecule has 3 atom stereocenters. The van der Waals surface area contributed by atoms with Crippen LogP contribution in [-0.2, 0) is 14.3 Å². The van der Waals surface area contributed by atoms with E-state index in [1.165, 1.54) is 0 Å². The van der Waals surface area contributed by atoms with Crippen molar-refractivity contribution in [3.8, 4) is 5.75 Å². The summed E-state index contributed by atoms with van der Waals surface area (Å²) in [4.78, 5) is 27.3. The molecule has 3 aliphatic rings. The molecule has 2 fully saturated rings. The first kappa shape index (κ1) is 14.5. The van der Waals surface area contributed by atoms with Crippen LogP contribution in [0.3, 0.4) is 0 Å². The number of nitrogens with one attached hydrogen (secondary N) is 1. The Morgan fingerprint density at radius 3 is 2.83 bits per heavy atom. The van der Waals surface area contributed by atoms with Crippen molar-refractivity contribution in [1.29, 1.82) is 0 Å². The van der Waals surface area contributed by atoms with Crippen molar-refractivity contribution in [1.82, 2.24) is 10.2 Å². The third-order valence-electron chi connectivity index (χ3n) is 4.92. The lowest BCUT2D eigenvalue weighted by Gasteiger charge is -2.47. The van der Waals surface area contributed by atoms with Crippen LogP contribution in [0.5, 0.6) is 5.75 Å². The summed E-state index contributed by atoms with van der Waals surface area (Å²) >= 11 is 0. The second-order valence-corrected chi connectivity index (χ2v) is 6.59. The molecule has 1 aromatic rings. The van der Waals surface area contributed by atoms with Crippen molar-refractivity contribution in [2.24, 2.45) is 5.92 Å². The monoisotopic (exact) mass is 316 g/mol. The van der Waals surface area contributed by atoms with Gasteiger partial charge in [-0.05, 0) is 18.6 Å². The largest absolute Gasteiger partial charge is 0.468 e. The molecular formula is C17H20N2O4. The van der Waals surface area contributed by atoms with Crippen LogP contribution in [0, 0.1) is 5.92 Å². The van der Waals surface area contributed by atoms with Crippen LogP contribution < -0.4 is 10.1 Å². The Labute approximate surface area is 134 Å². The topological polar surface area (TPSA) is 67.9 Å². The lowest BCUT2D eigenvalue weighted by Crippen LogP contribution is -2.63. The molecule has 6 nitrogen and oxygen atoms in total. The minimum atomic E-state index is -0.738. The van der Waals surface area contributed by atoms with Gasteiger partial charge >= 0.3 is 0 Å². The molecule has 3 heterocycles. The number of ether oxygens (including phenoxy) is 2. The number of rotatable bonds is 1. The Morgan fingerprint density at radius 2 is 2.04 bits per heavy atom. The summed E-state index contributed by atoms with van der Waals surface area (Å²) < 4.78 is 11.3. The number of benzene rings is 1. The molecule has 0 aliphatic carbocycles. The minimum Gasteiger partial charge on any atom is -0.468 e. The fourth-order valence-corrected chi connectivity index (χ4v) is 3.85. The second kappa shape index (κ2) is 5.23. The smallest absolute Gasteiger partial charge is 0.236 e. The van der Waals surface area contributed by atoms with Gasteiger partial charge in [-0.1, -0.05) is 18.2 Å². The van der Waals surface area contributed by atoms with Crippen LogP contribution in [0.25, 0.3) is 0 Å². The standard InChI is InChI=1S/C17H20N2O4/c1-17-10-12(11-4-2-3-5-13(11)23-17)14(15(20)18-17)16(21)19-6-8-22-9-7-19/h2-5,12,14H,6-10H2,1H3,(H,18,20)/t12-,14+,17-/m0/s1. The summed E-state index contributed by atoms with van der Waals surface area (Å²) in [6.45, 7) is 4.02. The zero-order valence-corrected chi connectivity index (χ0v) is 13.1. The number of carbonyl (C=O) groups excluding carboxylic acids is 2. The number of hydrogen-bond donors (Lipinski definition) is 1. The van der Waals surface area contributed by atoms with Gasteiger partial charge in [0.1, 0.15) is 11.7 Å². The molecule has 1 aromatic carbocycles. The first-order valence-electron chi connectivity index (χ1n) is 8.04. The number of morpholine rings is 1. The third kappa shape index (κ3) is 2.37. The Bertz CT molecular complexity index is 656. The number of fused-ring (bicyclic) bond motifs is 4. The maximum atomic E-state index is 12.9. The van der Waals surface area contributed by atoms with Gasteiger partial charge in [-0.3, -0.25) is 9.59 Å². The zero-order valence-electron chi connectivity index (χ0n) is 13.1. The summed E-state index contributed by atoms with van der Waals surface area (Å²) in [6, 6.07) is 7.68. The summed E-state index contributed by atoms with van der Waals surface area (Å²) in [5.74, 6) is -0.421. The normalized spacial score (nSPS) is 32.6. The number of amides is 2. The summed E-state index contributed by atoms with van der Waals surface area (Å²) in [6.07, 6.45) is 0.608. The molecule has 6 heteroatoms. The summed E-state index contributed by atoms with van der Waals surface area (Å²) in [7, 11) is 0. The highest BCUT2D eigenvalue weighted by Gasteiger charge is 2.52. The molecule has 4 rings (SSSR count). The van der Waals surface area contributed by atoms with E-state index in [0.29, 0.717) is 32.7 Å². The van der Waals surface area contributed by atoms with Crippen molar-refractivity contribution in [2.75, 3.05) is 26.3 Å². The van der Waals surface area contributed by atoms with Crippen LogP contribution in [-0.4, -0.2) is 48.7 Å². The van der Waals surface area contributed by atoms with Crippen LogP contribution in [0.2, 0.25) is 0 Å². The number of para-hydroxylation sites is 1. The minimum absolute atomic E-state index is 0.102. The van der Waals surface area contributed by atoms with Crippen molar-refractivity contribution < 1.29 is 19.1 Å². The Kier molecular flexibility index (Phi) is 3.30. The number of nitrogens with zero attached hydrogens (tertiary/aromatic N) is 1. The van der Waals surface area contributed by atoms with Crippen molar-refractivity contribution >= 4 is 11.8 Å². The number of hydrogen-bond acceptors (Lipinski definition) is 4. The van der Waals surface area contributed by atoms with E-state index in [9.17, 15) is 9.59 Å². The maximum absolute atomic E-state index is 12.9. The van der Waals surface area contributed by atoms with Gasteiger partial charge in [-0.2, -0.15) is 0 Å². The molecule has 2 bridgehead atoms. The van der Waals surface area contributed by atoms with Crippen molar-refractivity contribution in [3.63, 3.8) is 0 Å². The number of carbonyl (C=O) groups is 2. The Balaban J connectivity index is 1.70. The maximum Gasteiger partial charge on any atom is 0.236 e. The van der Waals surface area contributed by atoms with E-state index < -0.39 is 11.6 Å². The van der Waals surface area contributed by atoms with E-state index >= 15 is 0 Å². The lowest BCUT2D eigenvalue weighted by molar-refractivity contribution is -0.154. The fourth-order valence-electron chi connectivity index (χ4n) is 3.85. The highest BCUT2D eigenvalue weighted by molar-refractivity contribution is 6.02. The van der Waals surface area contributed by atoms with E-state index in [0.717, 1.165) is 11.3 Å². The number of piperidine rings is 1. The van der Waals surface area contributed by atoms with Crippen molar-refractivity contribution in [3.05, 3.63) is 29.8 Å². The molecule has 0 unspecified atom stereocenters. The van der Waals surface area contributed by atoms with Gasteiger partial charge in [0.15, 0.2) is 5.72 Å². The van der Waals surface area contributed by atoms with E-state index in [1.807, 2.05) is 31.2 Å². The van der Waals surface area contributed by atoms with Gasteiger partial charge in [0.05, 0.1) is 13.2 Å². The predicted octanol–water partition coefficient (Wildman–Crippen LogP) is 0.874. The molecule has 0 radical (unpaired) electrons. The average molecular weight is 316 g/mol. The quantitative estimate of drug-likeness (QED) is 0.781. The van der Waals surface area contributed by atoms with E-state index in [2.05, 4.69) is 5.32 Å². The molecule has 2 saturated heterocycles. The van der Waals surface area contributed by atoms with E-state index in [-0.39, 0.29) is 17.7 Å². The first-order chi connectivity index (χ1) is 11.1. The Morgan fingerprint density at radius 1 is 1.30 bits per heavy atom. The van der Waals surface area contributed by atoms with Crippen LogP contribution in [0.1, 0.15) is 24.8 Å². The van der Waals surface area contributed by atoms with Gasteiger partial charge in [0.2, 0.25) is 11.8 Å². The highest BCUT2D eigenvalue weighted by atomic mass is 16.5. The zero-order chi connectivity index (χ0) is 16.0. The molecule has 0 aromatic heterocycles. The van der Waals surface area contributed by atoms with Crippen molar-refractivity contribution in [2.45, 2.75) is 25.0 Å². The summed E-state index contributed by atoms with van der Waals surface area (Å²) in [5, 5.41) is 2.90. The fraction of sp³-hybridized carbons (Fsp3) is 0.529. The van der Waals surface area contributed by atoms with E-state index in [1.54, 1.807) is 4.90 Å². The second-order valence-electron chi connectivity index (χ2n) is 6.59. The molecule has 122 valence electrons. The molecule has 2 amide bonds. The molecule has 0 spiro atoms. The molecule has 0 saturated carbocycles. The predicted molar refractivity (Wildman–Crippen MR) is 81.9 cm³/mol. The Hall–Kier alpha value is -2.08. The molecule has 3 aliphatic heterocycles. The molecule has 23 heavy (non-hydrogen) atoms. The first-order valence-corrected chi connectivity index (χ1v) is 8.04. The summed E-state index contributed by atoms with van der Waals surface area (Å²) in [5.41, 5.74) is 0.212. The van der Waals surface area contributed by atoms with Crippen LogP contribution >= 0.6 is 0 Å². The van der Waals surface area contributed by atoms with E-state index in [4.69, 9.17) is 9.47 Å². The molecular weight excluding hydrogens is 296 g/mol.